The van der Waals surface area contributed by atoms with Crippen LogP contribution in [0.25, 0.3) is 0 Å². The molecule has 0 aromatic heterocycles. The van der Waals surface area contributed by atoms with Crippen LogP contribution in [0.2, 0.25) is 0 Å². The summed E-state index contributed by atoms with van der Waals surface area (Å²) >= 11 is 0. The van der Waals surface area contributed by atoms with E-state index in [1.54, 1.807) is 0 Å². The predicted molar refractivity (Wildman–Crippen MR) is 121 cm³/mol. The van der Waals surface area contributed by atoms with Gasteiger partial charge in [0.05, 0.1) is 21.8 Å². The summed E-state index contributed by atoms with van der Waals surface area (Å²) in [5, 5.41) is 0.749. The fourth-order valence-electron chi connectivity index (χ4n) is 3.00. The van der Waals surface area contributed by atoms with E-state index < -0.39 is 53.0 Å². The van der Waals surface area contributed by atoms with Crippen LogP contribution in [0.3, 0.4) is 0 Å². The lowest BCUT2D eigenvalue weighted by Crippen LogP contribution is -2.24. The second kappa shape index (κ2) is 9.11. The molecule has 33 heavy (non-hydrogen) atoms. The topological polar surface area (TPSA) is 172 Å². The minimum absolute atomic E-state index is 0.169. The lowest BCUT2D eigenvalue weighted by molar-refractivity contribution is 0.418. The van der Waals surface area contributed by atoms with Gasteiger partial charge in [-0.1, -0.05) is 24.3 Å². The van der Waals surface area contributed by atoms with E-state index in [1.165, 1.54) is 37.4 Å². The lowest BCUT2D eigenvalue weighted by Gasteiger charge is -2.22. The van der Waals surface area contributed by atoms with Gasteiger partial charge in [0.25, 0.3) is 30.4 Å². The molecule has 0 heterocycles. The van der Waals surface area contributed by atoms with Crippen molar-refractivity contribution < 1.29 is 43.6 Å². The van der Waals surface area contributed by atoms with Crippen LogP contribution in [-0.2, 0) is 30.4 Å². The Bertz CT molecular complexity index is 1460. The summed E-state index contributed by atoms with van der Waals surface area (Å²) in [4.78, 5) is -1.35. The number of ether oxygens (including phenoxy) is 1. The molecule has 0 aliphatic carbocycles. The third kappa shape index (κ3) is 5.76. The van der Waals surface area contributed by atoms with Gasteiger partial charge in [0, 0.05) is 5.30 Å². The van der Waals surface area contributed by atoms with Gasteiger partial charge in [0.15, 0.2) is 0 Å². The normalized spacial score (nSPS) is 12.6. The van der Waals surface area contributed by atoms with E-state index in [0.29, 0.717) is 0 Å². The maximum Gasteiger partial charge on any atom is 0.294 e. The number of rotatable bonds is 7. The smallest absolute Gasteiger partial charge is 0.294 e. The van der Waals surface area contributed by atoms with E-state index in [9.17, 15) is 38.9 Å². The molecule has 3 aromatic rings. The molecule has 0 aliphatic heterocycles. The van der Waals surface area contributed by atoms with Crippen molar-refractivity contribution in [3.8, 4) is 5.75 Å². The first-order valence-electron chi connectivity index (χ1n) is 8.82. The summed E-state index contributed by atoms with van der Waals surface area (Å²) in [5.41, 5.74) is 0. The molecular weight excluding hydrogens is 515 g/mol. The van der Waals surface area contributed by atoms with E-state index in [0.717, 1.165) is 36.4 Å². The van der Waals surface area contributed by atoms with Crippen LogP contribution >= 0.6 is 7.92 Å². The Morgan fingerprint density at radius 1 is 0.636 bits per heavy atom. The molecule has 0 atom stereocenters. The fourth-order valence-corrected chi connectivity index (χ4v) is 7.34. The highest BCUT2D eigenvalue weighted by molar-refractivity contribution is 7.86. The van der Waals surface area contributed by atoms with Crippen LogP contribution in [0, 0.1) is 0 Å². The highest BCUT2D eigenvalue weighted by Gasteiger charge is 2.26. The molecule has 14 heteroatoms. The highest BCUT2D eigenvalue weighted by atomic mass is 32.2. The number of methoxy groups -OCH3 is 1. The molecule has 0 saturated heterocycles. The van der Waals surface area contributed by atoms with Crippen LogP contribution < -0.4 is 20.7 Å². The quantitative estimate of drug-likeness (QED) is 0.296. The van der Waals surface area contributed by atoms with Gasteiger partial charge in [0.2, 0.25) is 0 Å². The first kappa shape index (κ1) is 25.2. The Morgan fingerprint density at radius 3 is 1.45 bits per heavy atom. The fraction of sp³-hybridized carbons (Fsp3) is 0.0526. The molecular formula is C19H17O10PS3. The number of hydrogen-bond acceptors (Lipinski definition) is 7. The van der Waals surface area contributed by atoms with Crippen LogP contribution in [0.4, 0.5) is 0 Å². The van der Waals surface area contributed by atoms with E-state index in [-0.39, 0.29) is 21.7 Å². The molecule has 0 spiro atoms. The lowest BCUT2D eigenvalue weighted by atomic mass is 10.3. The molecule has 176 valence electrons. The maximum atomic E-state index is 11.7. The van der Waals surface area contributed by atoms with Gasteiger partial charge in [-0.05, 0) is 61.0 Å². The Labute approximate surface area is 191 Å². The van der Waals surface area contributed by atoms with Crippen LogP contribution in [0.5, 0.6) is 5.75 Å². The second-order valence-electron chi connectivity index (χ2n) is 6.59. The minimum atomic E-state index is -4.63. The zero-order chi connectivity index (χ0) is 24.6. The molecule has 0 bridgehead atoms. The molecule has 3 rings (SSSR count). The highest BCUT2D eigenvalue weighted by Crippen LogP contribution is 2.38. The maximum absolute atomic E-state index is 11.7. The van der Waals surface area contributed by atoms with Gasteiger partial charge in [0.1, 0.15) is 5.75 Å². The molecule has 0 aliphatic rings. The zero-order valence-corrected chi connectivity index (χ0v) is 20.1. The van der Waals surface area contributed by atoms with Crippen molar-refractivity contribution in [1.82, 2.24) is 0 Å². The summed E-state index contributed by atoms with van der Waals surface area (Å²) in [6.07, 6.45) is 0. The van der Waals surface area contributed by atoms with E-state index >= 15 is 0 Å². The van der Waals surface area contributed by atoms with Crippen molar-refractivity contribution in [2.75, 3.05) is 7.11 Å². The molecule has 0 saturated carbocycles. The molecule has 0 amide bonds. The summed E-state index contributed by atoms with van der Waals surface area (Å²) < 4.78 is 104. The van der Waals surface area contributed by atoms with E-state index in [1.807, 2.05) is 0 Å². The number of hydrogen-bond donors (Lipinski definition) is 3. The van der Waals surface area contributed by atoms with Gasteiger partial charge in [-0.15, -0.1) is 0 Å². The Morgan fingerprint density at radius 2 is 1.06 bits per heavy atom. The summed E-state index contributed by atoms with van der Waals surface area (Å²) in [6, 6.07) is 13.8. The monoisotopic (exact) mass is 532 g/mol. The average molecular weight is 533 g/mol. The zero-order valence-electron chi connectivity index (χ0n) is 16.7. The van der Waals surface area contributed by atoms with Crippen molar-refractivity contribution in [2.45, 2.75) is 14.7 Å². The average Bonchev–Trinajstić information content (AvgIpc) is 2.72. The minimum Gasteiger partial charge on any atom is -0.496 e. The van der Waals surface area contributed by atoms with Crippen molar-refractivity contribution in [2.24, 2.45) is 0 Å². The van der Waals surface area contributed by atoms with Gasteiger partial charge in [-0.3, -0.25) is 13.7 Å². The van der Waals surface area contributed by atoms with Crippen molar-refractivity contribution >= 4 is 54.2 Å². The summed E-state index contributed by atoms with van der Waals surface area (Å²) in [6.45, 7) is 0. The van der Waals surface area contributed by atoms with Crippen molar-refractivity contribution in [3.05, 3.63) is 66.7 Å². The molecule has 0 radical (unpaired) electrons. The Hall–Kier alpha value is -2.38. The van der Waals surface area contributed by atoms with Crippen molar-refractivity contribution in [3.63, 3.8) is 0 Å². The SMILES string of the molecule is COc1ccc(S(=O)(=O)O)cc1P(c1cccc(S(=O)(=O)O)c1)c1cccc(S(=O)(=O)O)c1. The predicted octanol–water partition coefficient (Wildman–Crippen LogP) is 1.19. The van der Waals surface area contributed by atoms with Crippen LogP contribution in [0.1, 0.15) is 0 Å². The standard InChI is InChI=1S/C19H17O10PS3/c1-29-18-9-8-17(33(26,27)28)12-19(18)30(13-4-2-6-15(10-13)31(20,21)22)14-5-3-7-16(11-14)32(23,24)25/h2-12H,1H3,(H,20,21,22)(H,23,24,25)(H,26,27,28). The van der Waals surface area contributed by atoms with E-state index in [4.69, 9.17) is 4.74 Å². The third-order valence-corrected chi connectivity index (χ3v) is 9.41. The van der Waals surface area contributed by atoms with E-state index in [2.05, 4.69) is 0 Å². The van der Waals surface area contributed by atoms with Crippen LogP contribution in [0.15, 0.2) is 81.4 Å². The second-order valence-corrected chi connectivity index (χ2v) is 13.0. The van der Waals surface area contributed by atoms with Gasteiger partial charge in [-0.25, -0.2) is 0 Å². The largest absolute Gasteiger partial charge is 0.496 e. The molecule has 3 N–H and O–H groups in total. The van der Waals surface area contributed by atoms with Crippen molar-refractivity contribution in [1.29, 1.82) is 0 Å². The first-order chi connectivity index (χ1) is 15.2. The third-order valence-electron chi connectivity index (χ3n) is 4.44. The summed E-state index contributed by atoms with van der Waals surface area (Å²) in [5.74, 6) is 0.169. The molecule has 3 aromatic carbocycles. The number of benzene rings is 3. The summed E-state index contributed by atoms with van der Waals surface area (Å²) in [7, 11) is -14.4. The van der Waals surface area contributed by atoms with Gasteiger partial charge in [-0.2, -0.15) is 25.3 Å². The van der Waals surface area contributed by atoms with Crippen LogP contribution in [-0.4, -0.2) is 46.0 Å². The van der Waals surface area contributed by atoms with Gasteiger partial charge < -0.3 is 4.74 Å². The molecule has 0 fully saturated rings. The molecule has 0 unspecified atom stereocenters. The Kier molecular flexibility index (Phi) is 6.97. The van der Waals surface area contributed by atoms with Gasteiger partial charge >= 0.3 is 0 Å². The molecule has 10 nitrogen and oxygen atoms in total. The Balaban J connectivity index is 2.40. The first-order valence-corrected chi connectivity index (χ1v) is 14.5.